The van der Waals surface area contributed by atoms with Gasteiger partial charge in [-0.2, -0.15) is 0 Å². The summed E-state index contributed by atoms with van der Waals surface area (Å²) in [6.07, 6.45) is 9.62. The van der Waals surface area contributed by atoms with Crippen LogP contribution in [0.3, 0.4) is 0 Å². The van der Waals surface area contributed by atoms with E-state index in [1.165, 1.54) is 29.7 Å². The first-order chi connectivity index (χ1) is 10.8. The van der Waals surface area contributed by atoms with E-state index in [1.54, 1.807) is 17.7 Å². The quantitative estimate of drug-likeness (QED) is 0.697. The number of hydrogen-bond donors (Lipinski definition) is 0. The largest absolute Gasteiger partial charge is 0.276 e. The van der Waals surface area contributed by atoms with Crippen molar-refractivity contribution in [3.05, 3.63) is 27.1 Å². The van der Waals surface area contributed by atoms with Gasteiger partial charge >= 0.3 is 0 Å². The molecule has 0 atom stereocenters. The Labute approximate surface area is 132 Å². The molecule has 1 aliphatic rings. The molecule has 5 nitrogen and oxygen atoms in total. The van der Waals surface area contributed by atoms with Crippen molar-refractivity contribution in [3.8, 4) is 0 Å². The highest BCUT2D eigenvalue weighted by Gasteiger charge is 2.22. The van der Waals surface area contributed by atoms with Gasteiger partial charge in [0.25, 0.3) is 5.56 Å². The molecule has 0 saturated carbocycles. The highest BCUT2D eigenvalue weighted by atomic mass is 32.1. The molecular weight excluding hydrogens is 296 g/mol. The number of fused-ring (bicyclic) bond motifs is 5. The molecule has 0 aliphatic heterocycles. The second-order valence-electron chi connectivity index (χ2n) is 6.06. The van der Waals surface area contributed by atoms with Crippen molar-refractivity contribution in [2.45, 2.75) is 58.4 Å². The molecule has 0 amide bonds. The Hall–Kier alpha value is -1.69. The van der Waals surface area contributed by atoms with E-state index in [0.29, 0.717) is 5.78 Å². The number of unbranched alkanes of at least 4 members (excludes halogenated alkanes) is 1. The molecule has 116 valence electrons. The second kappa shape index (κ2) is 5.50. The molecule has 3 aromatic heterocycles. The SMILES string of the molecule is CCCCn1c(=O)c2c3c(sc2n2cnnc12)CCCCC3. The van der Waals surface area contributed by atoms with Crippen LogP contribution in [0.1, 0.15) is 49.5 Å². The van der Waals surface area contributed by atoms with Crippen LogP contribution in [0.4, 0.5) is 0 Å². The van der Waals surface area contributed by atoms with Crippen LogP contribution in [0.5, 0.6) is 0 Å². The van der Waals surface area contributed by atoms with Gasteiger partial charge in [0.05, 0.1) is 5.39 Å². The maximum absolute atomic E-state index is 13.1. The third-order valence-corrected chi connectivity index (χ3v) is 5.88. The van der Waals surface area contributed by atoms with Gasteiger partial charge in [-0.3, -0.25) is 13.8 Å². The third kappa shape index (κ3) is 2.00. The molecule has 22 heavy (non-hydrogen) atoms. The van der Waals surface area contributed by atoms with Gasteiger partial charge in [0.2, 0.25) is 5.78 Å². The molecule has 0 unspecified atom stereocenters. The zero-order valence-electron chi connectivity index (χ0n) is 12.8. The molecule has 0 fully saturated rings. The van der Waals surface area contributed by atoms with Gasteiger partial charge in [0, 0.05) is 11.4 Å². The van der Waals surface area contributed by atoms with Crippen LogP contribution in [0.15, 0.2) is 11.1 Å². The van der Waals surface area contributed by atoms with Crippen molar-refractivity contribution in [3.63, 3.8) is 0 Å². The van der Waals surface area contributed by atoms with E-state index in [4.69, 9.17) is 0 Å². The highest BCUT2D eigenvalue weighted by molar-refractivity contribution is 7.18. The molecule has 0 radical (unpaired) electrons. The predicted octanol–water partition coefficient (Wildman–Crippen LogP) is 3.17. The van der Waals surface area contributed by atoms with Crippen molar-refractivity contribution in [1.29, 1.82) is 0 Å². The topological polar surface area (TPSA) is 52.2 Å². The summed E-state index contributed by atoms with van der Waals surface area (Å²) in [5, 5.41) is 9.16. The molecule has 0 spiro atoms. The van der Waals surface area contributed by atoms with E-state index in [1.807, 2.05) is 8.97 Å². The first-order valence-corrected chi connectivity index (χ1v) is 8.99. The molecule has 0 N–H and O–H groups in total. The van der Waals surface area contributed by atoms with Crippen molar-refractivity contribution in [2.24, 2.45) is 0 Å². The first kappa shape index (κ1) is 13.9. The number of aryl methyl sites for hydroxylation is 3. The van der Waals surface area contributed by atoms with Crippen molar-refractivity contribution < 1.29 is 0 Å². The van der Waals surface area contributed by atoms with Crippen LogP contribution in [0.2, 0.25) is 0 Å². The normalized spacial score (nSPS) is 15.3. The molecule has 0 aromatic carbocycles. The van der Waals surface area contributed by atoms with Gasteiger partial charge in [0.1, 0.15) is 11.2 Å². The van der Waals surface area contributed by atoms with Gasteiger partial charge in [-0.1, -0.05) is 19.8 Å². The summed E-state index contributed by atoms with van der Waals surface area (Å²) in [5.41, 5.74) is 1.42. The van der Waals surface area contributed by atoms with Crippen LogP contribution in [-0.2, 0) is 19.4 Å². The second-order valence-corrected chi connectivity index (χ2v) is 7.14. The van der Waals surface area contributed by atoms with E-state index >= 15 is 0 Å². The summed E-state index contributed by atoms with van der Waals surface area (Å²) >= 11 is 1.76. The minimum Gasteiger partial charge on any atom is -0.276 e. The average Bonchev–Trinajstić information content (AvgIpc) is 3.06. The first-order valence-electron chi connectivity index (χ1n) is 8.18. The van der Waals surface area contributed by atoms with Crippen LogP contribution >= 0.6 is 11.3 Å². The lowest BCUT2D eigenvalue weighted by Crippen LogP contribution is -2.23. The highest BCUT2D eigenvalue weighted by Crippen LogP contribution is 2.34. The Morgan fingerprint density at radius 3 is 3.00 bits per heavy atom. The number of rotatable bonds is 3. The molecule has 3 aromatic rings. The zero-order valence-corrected chi connectivity index (χ0v) is 13.7. The molecule has 6 heteroatoms. The standard InChI is InChI=1S/C16H20N4OS/c1-2-3-9-19-14(21)13-11-7-5-4-6-8-12(11)22-15(13)20-10-17-18-16(19)20/h10H,2-9H2,1H3. The lowest BCUT2D eigenvalue weighted by molar-refractivity contribution is 0.621. The van der Waals surface area contributed by atoms with Gasteiger partial charge < -0.3 is 0 Å². The van der Waals surface area contributed by atoms with E-state index in [0.717, 1.165) is 42.4 Å². The maximum Gasteiger partial charge on any atom is 0.263 e. The van der Waals surface area contributed by atoms with Crippen LogP contribution in [0, 0.1) is 0 Å². The summed E-state index contributed by atoms with van der Waals surface area (Å²) in [7, 11) is 0. The fraction of sp³-hybridized carbons (Fsp3) is 0.562. The lowest BCUT2D eigenvalue weighted by atomic mass is 10.1. The summed E-state index contributed by atoms with van der Waals surface area (Å²) in [4.78, 5) is 15.5. The molecule has 1 aliphatic carbocycles. The van der Waals surface area contributed by atoms with E-state index in [9.17, 15) is 4.79 Å². The Bertz CT molecular complexity index is 889. The molecule has 4 rings (SSSR count). The maximum atomic E-state index is 13.1. The van der Waals surface area contributed by atoms with Crippen LogP contribution < -0.4 is 5.56 Å². The smallest absolute Gasteiger partial charge is 0.263 e. The predicted molar refractivity (Wildman–Crippen MR) is 88.8 cm³/mol. The monoisotopic (exact) mass is 316 g/mol. The number of nitrogens with zero attached hydrogens (tertiary/aromatic N) is 4. The zero-order chi connectivity index (χ0) is 15.1. The minimum atomic E-state index is 0.128. The van der Waals surface area contributed by atoms with E-state index in [-0.39, 0.29) is 5.56 Å². The van der Waals surface area contributed by atoms with Gasteiger partial charge in [-0.25, -0.2) is 0 Å². The summed E-state index contributed by atoms with van der Waals surface area (Å²) in [6.45, 7) is 2.86. The van der Waals surface area contributed by atoms with Crippen molar-refractivity contribution in [2.75, 3.05) is 0 Å². The fourth-order valence-corrected chi connectivity index (χ4v) is 4.77. The van der Waals surface area contributed by atoms with Gasteiger partial charge in [0.15, 0.2) is 0 Å². The van der Waals surface area contributed by atoms with E-state index < -0.39 is 0 Å². The Kier molecular flexibility index (Phi) is 3.48. The fourth-order valence-electron chi connectivity index (χ4n) is 3.42. The summed E-state index contributed by atoms with van der Waals surface area (Å²) in [5.74, 6) is 0.683. The Balaban J connectivity index is 2.06. The van der Waals surface area contributed by atoms with Crippen LogP contribution in [-0.4, -0.2) is 19.2 Å². The molecular formula is C16H20N4OS. The van der Waals surface area contributed by atoms with Crippen LogP contribution in [0.25, 0.3) is 16.0 Å². The molecule has 0 saturated heterocycles. The van der Waals surface area contributed by atoms with Crippen molar-refractivity contribution >= 4 is 27.3 Å². The van der Waals surface area contributed by atoms with Gasteiger partial charge in [-0.15, -0.1) is 21.5 Å². The molecule has 0 bridgehead atoms. The number of hydrogen-bond acceptors (Lipinski definition) is 4. The van der Waals surface area contributed by atoms with E-state index in [2.05, 4.69) is 17.1 Å². The average molecular weight is 316 g/mol. The lowest BCUT2D eigenvalue weighted by Gasteiger charge is -2.08. The Morgan fingerprint density at radius 2 is 2.14 bits per heavy atom. The van der Waals surface area contributed by atoms with Crippen molar-refractivity contribution in [1.82, 2.24) is 19.2 Å². The number of aromatic nitrogens is 4. The summed E-state index contributed by atoms with van der Waals surface area (Å²) in [6, 6.07) is 0. The summed E-state index contributed by atoms with van der Waals surface area (Å²) < 4.78 is 3.82. The number of thiophene rings is 1. The third-order valence-electron chi connectivity index (χ3n) is 4.59. The molecule has 3 heterocycles. The minimum absolute atomic E-state index is 0.128. The van der Waals surface area contributed by atoms with Gasteiger partial charge in [-0.05, 0) is 37.7 Å². The Morgan fingerprint density at radius 1 is 1.27 bits per heavy atom.